The fourth-order valence-corrected chi connectivity index (χ4v) is 2.62. The van der Waals surface area contributed by atoms with Gasteiger partial charge in [0.05, 0.1) is 11.2 Å². The van der Waals surface area contributed by atoms with Gasteiger partial charge < -0.3 is 10.3 Å². The van der Waals surface area contributed by atoms with Crippen molar-refractivity contribution in [1.29, 1.82) is 0 Å². The average molecular weight is 240 g/mol. The Morgan fingerprint density at radius 1 is 1.22 bits per heavy atom. The molecule has 0 aliphatic heterocycles. The number of nitrogen functional groups attached to an aromatic ring is 1. The molecule has 0 aliphatic rings. The van der Waals surface area contributed by atoms with Crippen LogP contribution in [0.1, 0.15) is 5.56 Å². The summed E-state index contributed by atoms with van der Waals surface area (Å²) < 4.78 is 3.98. The fraction of sp³-hybridized carbons (Fsp3) is 0.214. The topological polar surface area (TPSA) is 48.8 Å². The van der Waals surface area contributed by atoms with Gasteiger partial charge in [0.2, 0.25) is 0 Å². The molecule has 0 unspecified atom stereocenters. The number of fused-ring (bicyclic) bond motifs is 1. The zero-order chi connectivity index (χ0) is 12.9. The van der Waals surface area contributed by atoms with E-state index in [4.69, 9.17) is 5.73 Å². The lowest BCUT2D eigenvalue weighted by Gasteiger charge is -2.01. The van der Waals surface area contributed by atoms with Crippen molar-refractivity contribution in [2.75, 3.05) is 5.73 Å². The van der Waals surface area contributed by atoms with Crippen LogP contribution in [0.5, 0.6) is 0 Å². The van der Waals surface area contributed by atoms with Gasteiger partial charge in [0.25, 0.3) is 0 Å². The van der Waals surface area contributed by atoms with E-state index in [1.165, 1.54) is 22.0 Å². The van der Waals surface area contributed by atoms with Gasteiger partial charge in [-0.3, -0.25) is 4.68 Å². The highest BCUT2D eigenvalue weighted by Crippen LogP contribution is 2.32. The SMILES string of the molecule is Cc1cccc2c(-c3cc(N)nn3C)cn(C)c12. The summed E-state index contributed by atoms with van der Waals surface area (Å²) in [6.45, 7) is 2.13. The maximum atomic E-state index is 5.76. The second kappa shape index (κ2) is 3.63. The number of nitrogens with zero attached hydrogens (tertiary/aromatic N) is 3. The molecule has 3 rings (SSSR count). The monoisotopic (exact) mass is 240 g/mol. The van der Waals surface area contributed by atoms with Crippen molar-refractivity contribution >= 4 is 16.7 Å². The van der Waals surface area contributed by atoms with E-state index in [1.807, 2.05) is 17.8 Å². The van der Waals surface area contributed by atoms with Gasteiger partial charge in [-0.25, -0.2) is 0 Å². The van der Waals surface area contributed by atoms with Crippen LogP contribution in [-0.2, 0) is 14.1 Å². The maximum Gasteiger partial charge on any atom is 0.146 e. The highest BCUT2D eigenvalue weighted by molar-refractivity contribution is 5.97. The lowest BCUT2D eigenvalue weighted by atomic mass is 10.1. The van der Waals surface area contributed by atoms with Crippen LogP contribution < -0.4 is 5.73 Å². The maximum absolute atomic E-state index is 5.76. The molecule has 92 valence electrons. The molecule has 1 aromatic carbocycles. The first kappa shape index (κ1) is 10.9. The van der Waals surface area contributed by atoms with Crippen LogP contribution in [0.15, 0.2) is 30.5 Å². The lowest BCUT2D eigenvalue weighted by Crippen LogP contribution is -1.94. The predicted octanol–water partition coefficient (Wildman–Crippen LogP) is 2.47. The molecule has 2 N–H and O–H groups in total. The normalized spacial score (nSPS) is 11.3. The Bertz CT molecular complexity index is 734. The Kier molecular flexibility index (Phi) is 2.20. The number of aromatic nitrogens is 3. The van der Waals surface area contributed by atoms with E-state index in [2.05, 4.69) is 48.0 Å². The molecule has 0 saturated carbocycles. The largest absolute Gasteiger partial charge is 0.382 e. The molecule has 0 atom stereocenters. The van der Waals surface area contributed by atoms with Gasteiger partial charge in [0.15, 0.2) is 0 Å². The molecule has 3 aromatic rings. The van der Waals surface area contributed by atoms with Gasteiger partial charge in [-0.15, -0.1) is 0 Å². The Balaban J connectivity index is 2.37. The van der Waals surface area contributed by atoms with Crippen molar-refractivity contribution in [3.8, 4) is 11.3 Å². The number of hydrogen-bond donors (Lipinski definition) is 1. The summed E-state index contributed by atoms with van der Waals surface area (Å²) in [6, 6.07) is 8.27. The molecule has 0 radical (unpaired) electrons. The highest BCUT2D eigenvalue weighted by atomic mass is 15.3. The first-order chi connectivity index (χ1) is 8.58. The van der Waals surface area contributed by atoms with E-state index in [1.54, 1.807) is 0 Å². The summed E-state index contributed by atoms with van der Waals surface area (Å²) in [6.07, 6.45) is 2.13. The van der Waals surface area contributed by atoms with E-state index in [-0.39, 0.29) is 0 Å². The van der Waals surface area contributed by atoms with Gasteiger partial charge in [-0.1, -0.05) is 18.2 Å². The second-order valence-electron chi connectivity index (χ2n) is 4.70. The van der Waals surface area contributed by atoms with Crippen LogP contribution >= 0.6 is 0 Å². The molecule has 0 bridgehead atoms. The van der Waals surface area contributed by atoms with Gasteiger partial charge >= 0.3 is 0 Å². The second-order valence-corrected chi connectivity index (χ2v) is 4.70. The molecule has 0 fully saturated rings. The first-order valence-corrected chi connectivity index (χ1v) is 5.92. The molecule has 0 aliphatic carbocycles. The molecular formula is C14H16N4. The molecule has 0 spiro atoms. The Labute approximate surface area is 106 Å². The smallest absolute Gasteiger partial charge is 0.146 e. The van der Waals surface area contributed by atoms with Gasteiger partial charge in [0, 0.05) is 37.3 Å². The van der Waals surface area contributed by atoms with E-state index in [0.29, 0.717) is 5.82 Å². The number of hydrogen-bond acceptors (Lipinski definition) is 2. The molecule has 0 amide bonds. The third-order valence-electron chi connectivity index (χ3n) is 3.38. The summed E-state index contributed by atoms with van der Waals surface area (Å²) in [5.74, 6) is 0.553. The number of aryl methyl sites for hydroxylation is 3. The summed E-state index contributed by atoms with van der Waals surface area (Å²) in [4.78, 5) is 0. The summed E-state index contributed by atoms with van der Waals surface area (Å²) in [7, 11) is 3.99. The van der Waals surface area contributed by atoms with E-state index >= 15 is 0 Å². The van der Waals surface area contributed by atoms with Crippen molar-refractivity contribution in [2.45, 2.75) is 6.92 Å². The van der Waals surface area contributed by atoms with E-state index < -0.39 is 0 Å². The van der Waals surface area contributed by atoms with Crippen molar-refractivity contribution in [3.05, 3.63) is 36.0 Å². The third-order valence-corrected chi connectivity index (χ3v) is 3.38. The highest BCUT2D eigenvalue weighted by Gasteiger charge is 2.13. The Morgan fingerprint density at radius 3 is 2.67 bits per heavy atom. The summed E-state index contributed by atoms with van der Waals surface area (Å²) in [5, 5.41) is 5.45. The van der Waals surface area contributed by atoms with Crippen molar-refractivity contribution < 1.29 is 0 Å². The molecule has 18 heavy (non-hydrogen) atoms. The summed E-state index contributed by atoms with van der Waals surface area (Å²) >= 11 is 0. The zero-order valence-corrected chi connectivity index (χ0v) is 10.8. The minimum atomic E-state index is 0.553. The van der Waals surface area contributed by atoms with Crippen LogP contribution in [0.2, 0.25) is 0 Å². The number of para-hydroxylation sites is 1. The number of rotatable bonds is 1. The molecule has 2 heterocycles. The number of anilines is 1. The van der Waals surface area contributed by atoms with Crippen molar-refractivity contribution in [3.63, 3.8) is 0 Å². The van der Waals surface area contributed by atoms with Crippen LogP contribution in [0.3, 0.4) is 0 Å². The molecule has 0 saturated heterocycles. The first-order valence-electron chi connectivity index (χ1n) is 5.92. The van der Waals surface area contributed by atoms with Crippen LogP contribution in [0, 0.1) is 6.92 Å². The fourth-order valence-electron chi connectivity index (χ4n) is 2.62. The minimum absolute atomic E-state index is 0.553. The standard InChI is InChI=1S/C14H16N4/c1-9-5-4-6-10-11(8-17(2)14(9)10)12-7-13(15)16-18(12)3/h4-8H,1-3H3,(H2,15,16). The number of nitrogens with two attached hydrogens (primary N) is 1. The molecule has 4 heteroatoms. The molecule has 2 aromatic heterocycles. The van der Waals surface area contributed by atoms with Gasteiger partial charge in [-0.05, 0) is 12.5 Å². The van der Waals surface area contributed by atoms with Crippen LogP contribution in [0.25, 0.3) is 22.2 Å². The Morgan fingerprint density at radius 2 is 2.00 bits per heavy atom. The molecular weight excluding hydrogens is 224 g/mol. The predicted molar refractivity (Wildman–Crippen MR) is 74.3 cm³/mol. The zero-order valence-electron chi connectivity index (χ0n) is 10.8. The third kappa shape index (κ3) is 1.42. The van der Waals surface area contributed by atoms with Crippen molar-refractivity contribution in [2.24, 2.45) is 14.1 Å². The molecule has 4 nitrogen and oxygen atoms in total. The van der Waals surface area contributed by atoms with Gasteiger partial charge in [-0.2, -0.15) is 5.10 Å². The summed E-state index contributed by atoms with van der Waals surface area (Å²) in [5.41, 5.74) is 10.5. The van der Waals surface area contributed by atoms with E-state index in [9.17, 15) is 0 Å². The van der Waals surface area contributed by atoms with Crippen molar-refractivity contribution in [1.82, 2.24) is 14.3 Å². The lowest BCUT2D eigenvalue weighted by molar-refractivity contribution is 0.780. The quantitative estimate of drug-likeness (QED) is 0.710. The van der Waals surface area contributed by atoms with Crippen LogP contribution in [-0.4, -0.2) is 14.3 Å². The Hall–Kier alpha value is -2.23. The van der Waals surface area contributed by atoms with Gasteiger partial charge in [0.1, 0.15) is 5.82 Å². The van der Waals surface area contributed by atoms with Crippen LogP contribution in [0.4, 0.5) is 5.82 Å². The number of benzene rings is 1. The average Bonchev–Trinajstić information content (AvgIpc) is 2.80. The van der Waals surface area contributed by atoms with E-state index in [0.717, 1.165) is 5.69 Å². The minimum Gasteiger partial charge on any atom is -0.382 e.